The summed E-state index contributed by atoms with van der Waals surface area (Å²) in [5.74, 6) is -0.0154. The summed E-state index contributed by atoms with van der Waals surface area (Å²) in [7, 11) is -1.82. The van der Waals surface area contributed by atoms with Crippen LogP contribution in [0.1, 0.15) is 10.4 Å². The van der Waals surface area contributed by atoms with Crippen LogP contribution in [0.15, 0.2) is 47.4 Å². The first-order valence-electron chi connectivity index (χ1n) is 6.26. The highest BCUT2D eigenvalue weighted by Crippen LogP contribution is 2.24. The number of amides is 1. The molecule has 2 aromatic carbocycles. The Hall–Kier alpha value is -2.05. The Morgan fingerprint density at radius 3 is 2.32 bits per heavy atom. The fraction of sp³-hybridized carbons (Fsp3) is 0.133. The number of rotatable bonds is 4. The lowest BCUT2D eigenvalue weighted by Crippen LogP contribution is -2.13. The van der Waals surface area contributed by atoms with E-state index in [-0.39, 0.29) is 10.8 Å². The van der Waals surface area contributed by atoms with Gasteiger partial charge in [-0.3, -0.25) is 4.79 Å². The Labute approximate surface area is 133 Å². The van der Waals surface area contributed by atoms with Gasteiger partial charge in [0, 0.05) is 17.0 Å². The van der Waals surface area contributed by atoms with Gasteiger partial charge in [-0.15, -0.1) is 0 Å². The molecule has 0 radical (unpaired) electrons. The van der Waals surface area contributed by atoms with E-state index in [0.29, 0.717) is 22.0 Å². The molecule has 0 spiro atoms. The smallest absolute Gasteiger partial charge is 0.259 e. The van der Waals surface area contributed by atoms with Gasteiger partial charge in [0.2, 0.25) is 0 Å². The summed E-state index contributed by atoms with van der Waals surface area (Å²) in [4.78, 5) is 12.4. The minimum atomic E-state index is -3.26. The van der Waals surface area contributed by atoms with Crippen molar-refractivity contribution in [1.29, 1.82) is 0 Å². The SMILES string of the molecule is COc1cc(Cl)ccc1C(=O)Nc1ccc(S(C)(=O)=O)cc1. The van der Waals surface area contributed by atoms with Gasteiger partial charge in [-0.25, -0.2) is 8.42 Å². The van der Waals surface area contributed by atoms with Crippen molar-refractivity contribution >= 4 is 33.0 Å². The number of methoxy groups -OCH3 is 1. The van der Waals surface area contributed by atoms with E-state index in [1.807, 2.05) is 0 Å². The number of ether oxygens (including phenoxy) is 1. The second kappa shape index (κ2) is 6.37. The van der Waals surface area contributed by atoms with Crippen molar-refractivity contribution in [3.05, 3.63) is 53.1 Å². The van der Waals surface area contributed by atoms with Crippen LogP contribution in [-0.2, 0) is 9.84 Å². The fourth-order valence-electron chi connectivity index (χ4n) is 1.84. The van der Waals surface area contributed by atoms with Crippen molar-refractivity contribution < 1.29 is 17.9 Å². The van der Waals surface area contributed by atoms with Crippen LogP contribution in [-0.4, -0.2) is 27.7 Å². The van der Waals surface area contributed by atoms with Crippen molar-refractivity contribution in [3.63, 3.8) is 0 Å². The predicted octanol–water partition coefficient (Wildman–Crippen LogP) is 3.00. The number of hydrogen-bond donors (Lipinski definition) is 1. The van der Waals surface area contributed by atoms with Crippen LogP contribution in [0.3, 0.4) is 0 Å². The van der Waals surface area contributed by atoms with Gasteiger partial charge in [-0.2, -0.15) is 0 Å². The van der Waals surface area contributed by atoms with E-state index < -0.39 is 9.84 Å². The van der Waals surface area contributed by atoms with Gasteiger partial charge >= 0.3 is 0 Å². The molecule has 116 valence electrons. The molecule has 0 saturated heterocycles. The molecule has 1 amide bonds. The molecule has 0 aromatic heterocycles. The second-order valence-electron chi connectivity index (χ2n) is 4.60. The molecule has 0 atom stereocenters. The molecule has 0 aliphatic carbocycles. The van der Waals surface area contributed by atoms with Crippen molar-refractivity contribution in [2.45, 2.75) is 4.90 Å². The molecule has 0 saturated carbocycles. The quantitative estimate of drug-likeness (QED) is 0.929. The third kappa shape index (κ3) is 3.78. The Morgan fingerprint density at radius 2 is 1.77 bits per heavy atom. The van der Waals surface area contributed by atoms with Crippen molar-refractivity contribution in [1.82, 2.24) is 0 Å². The largest absolute Gasteiger partial charge is 0.496 e. The zero-order chi connectivity index (χ0) is 16.3. The molecule has 2 rings (SSSR count). The van der Waals surface area contributed by atoms with E-state index >= 15 is 0 Å². The molecule has 0 fully saturated rings. The van der Waals surface area contributed by atoms with Gasteiger partial charge in [0.15, 0.2) is 9.84 Å². The average molecular weight is 340 g/mol. The highest BCUT2D eigenvalue weighted by atomic mass is 35.5. The molecule has 0 aliphatic heterocycles. The lowest BCUT2D eigenvalue weighted by Gasteiger charge is -2.10. The first-order valence-corrected chi connectivity index (χ1v) is 8.53. The number of carbonyl (C=O) groups is 1. The van der Waals surface area contributed by atoms with E-state index in [9.17, 15) is 13.2 Å². The predicted molar refractivity (Wildman–Crippen MR) is 85.5 cm³/mol. The summed E-state index contributed by atoms with van der Waals surface area (Å²) in [5, 5.41) is 3.14. The molecular formula is C15H14ClNO4S. The summed E-state index contributed by atoms with van der Waals surface area (Å²) in [6.07, 6.45) is 1.12. The molecule has 0 aliphatic rings. The van der Waals surface area contributed by atoms with Crippen molar-refractivity contribution in [3.8, 4) is 5.75 Å². The maximum Gasteiger partial charge on any atom is 0.259 e. The Bertz CT molecular complexity index is 801. The maximum absolute atomic E-state index is 12.2. The molecule has 22 heavy (non-hydrogen) atoms. The van der Waals surface area contributed by atoms with Crippen LogP contribution >= 0.6 is 11.6 Å². The Balaban J connectivity index is 2.22. The third-order valence-corrected chi connectivity index (χ3v) is 4.31. The molecule has 0 bridgehead atoms. The number of benzene rings is 2. The van der Waals surface area contributed by atoms with Crippen LogP contribution in [0, 0.1) is 0 Å². The number of anilines is 1. The van der Waals surface area contributed by atoms with E-state index in [0.717, 1.165) is 6.26 Å². The number of nitrogens with one attached hydrogen (secondary N) is 1. The van der Waals surface area contributed by atoms with E-state index in [2.05, 4.69) is 5.32 Å². The number of sulfone groups is 1. The zero-order valence-electron chi connectivity index (χ0n) is 12.0. The summed E-state index contributed by atoms with van der Waals surface area (Å²) in [6.45, 7) is 0. The van der Waals surface area contributed by atoms with Gasteiger partial charge < -0.3 is 10.1 Å². The van der Waals surface area contributed by atoms with Crippen molar-refractivity contribution in [2.24, 2.45) is 0 Å². The highest BCUT2D eigenvalue weighted by Gasteiger charge is 2.13. The average Bonchev–Trinajstić information content (AvgIpc) is 2.46. The zero-order valence-corrected chi connectivity index (χ0v) is 13.5. The standard InChI is InChI=1S/C15H14ClNO4S/c1-21-14-9-10(16)3-8-13(14)15(18)17-11-4-6-12(7-5-11)22(2,19)20/h3-9H,1-2H3,(H,17,18). The molecule has 5 nitrogen and oxygen atoms in total. The Kier molecular flexibility index (Phi) is 4.73. The van der Waals surface area contributed by atoms with E-state index in [4.69, 9.17) is 16.3 Å². The summed E-state index contributed by atoms with van der Waals surface area (Å²) < 4.78 is 27.9. The van der Waals surface area contributed by atoms with Crippen molar-refractivity contribution in [2.75, 3.05) is 18.7 Å². The van der Waals surface area contributed by atoms with Gasteiger partial charge in [0.05, 0.1) is 17.6 Å². The van der Waals surface area contributed by atoms with E-state index in [1.54, 1.807) is 18.2 Å². The molecule has 7 heteroatoms. The first kappa shape index (κ1) is 16.3. The van der Waals surface area contributed by atoms with Gasteiger partial charge in [-0.1, -0.05) is 11.6 Å². The normalized spacial score (nSPS) is 11.0. The van der Waals surface area contributed by atoms with Crippen LogP contribution in [0.4, 0.5) is 5.69 Å². The molecule has 0 heterocycles. The van der Waals surface area contributed by atoms with Crippen LogP contribution in [0.2, 0.25) is 5.02 Å². The Morgan fingerprint density at radius 1 is 1.14 bits per heavy atom. The summed E-state index contributed by atoms with van der Waals surface area (Å²) >= 11 is 5.85. The molecule has 1 N–H and O–H groups in total. The summed E-state index contributed by atoms with van der Waals surface area (Å²) in [5.41, 5.74) is 0.813. The third-order valence-electron chi connectivity index (χ3n) is 2.95. The first-order chi connectivity index (χ1) is 10.3. The van der Waals surface area contributed by atoms with Crippen LogP contribution in [0.25, 0.3) is 0 Å². The molecule has 0 unspecified atom stereocenters. The molecule has 2 aromatic rings. The number of hydrogen-bond acceptors (Lipinski definition) is 4. The van der Waals surface area contributed by atoms with Gasteiger partial charge in [0.25, 0.3) is 5.91 Å². The lowest BCUT2D eigenvalue weighted by molar-refractivity contribution is 0.102. The number of halogens is 1. The maximum atomic E-state index is 12.2. The van der Waals surface area contributed by atoms with E-state index in [1.165, 1.54) is 31.4 Å². The summed E-state index contributed by atoms with van der Waals surface area (Å²) in [6, 6.07) is 10.6. The molecular weight excluding hydrogens is 326 g/mol. The monoisotopic (exact) mass is 339 g/mol. The van der Waals surface area contributed by atoms with Crippen LogP contribution in [0.5, 0.6) is 5.75 Å². The second-order valence-corrected chi connectivity index (χ2v) is 7.05. The van der Waals surface area contributed by atoms with Crippen LogP contribution < -0.4 is 10.1 Å². The fourth-order valence-corrected chi connectivity index (χ4v) is 2.63. The van der Waals surface area contributed by atoms with Gasteiger partial charge in [0.1, 0.15) is 5.75 Å². The highest BCUT2D eigenvalue weighted by molar-refractivity contribution is 7.90. The minimum absolute atomic E-state index is 0.189. The lowest BCUT2D eigenvalue weighted by atomic mass is 10.2. The van der Waals surface area contributed by atoms with Gasteiger partial charge in [-0.05, 0) is 42.5 Å². The topological polar surface area (TPSA) is 72.5 Å². The minimum Gasteiger partial charge on any atom is -0.496 e. The number of carbonyl (C=O) groups excluding carboxylic acids is 1.